The second-order valence-electron chi connectivity index (χ2n) is 5.67. The smallest absolute Gasteiger partial charge is 0.274 e. The number of carbonyl (C=O) groups excluding carboxylic acids is 1. The van der Waals surface area contributed by atoms with Crippen molar-refractivity contribution in [3.8, 4) is 0 Å². The van der Waals surface area contributed by atoms with E-state index in [9.17, 15) is 4.79 Å². The molecule has 0 atom stereocenters. The molecule has 0 fully saturated rings. The number of nitrogens with zero attached hydrogens (tertiary/aromatic N) is 2. The van der Waals surface area contributed by atoms with Gasteiger partial charge in [-0.25, -0.2) is 15.4 Å². The maximum atomic E-state index is 11.3. The fraction of sp³-hybridized carbons (Fsp3) is 0.167. The number of amides is 1. The van der Waals surface area contributed by atoms with Gasteiger partial charge in [0.1, 0.15) is 12.1 Å². The fourth-order valence-corrected chi connectivity index (χ4v) is 2.48. The van der Waals surface area contributed by atoms with E-state index in [-0.39, 0.29) is 0 Å². The Hall–Kier alpha value is -2.99. The average Bonchev–Trinajstić information content (AvgIpc) is 2.61. The zero-order valence-electron chi connectivity index (χ0n) is 13.5. The van der Waals surface area contributed by atoms with E-state index < -0.39 is 5.91 Å². The first-order valence-corrected chi connectivity index (χ1v) is 7.57. The molecule has 0 aliphatic heterocycles. The lowest BCUT2D eigenvalue weighted by atomic mass is 10.1. The van der Waals surface area contributed by atoms with E-state index in [2.05, 4.69) is 41.3 Å². The van der Waals surface area contributed by atoms with E-state index >= 15 is 0 Å². The minimum Gasteiger partial charge on any atom is -0.365 e. The summed E-state index contributed by atoms with van der Waals surface area (Å²) in [5, 5.41) is 12.9. The largest absolute Gasteiger partial charge is 0.365 e. The molecule has 0 spiro atoms. The van der Waals surface area contributed by atoms with E-state index in [4.69, 9.17) is 5.21 Å². The predicted octanol–water partition coefficient (Wildman–Crippen LogP) is 2.98. The van der Waals surface area contributed by atoms with Gasteiger partial charge in [-0.1, -0.05) is 12.1 Å². The van der Waals surface area contributed by atoms with Gasteiger partial charge in [0, 0.05) is 17.5 Å². The molecule has 24 heavy (non-hydrogen) atoms. The number of nitrogens with one attached hydrogen (secondary N) is 2. The van der Waals surface area contributed by atoms with Crippen molar-refractivity contribution in [1.29, 1.82) is 0 Å². The van der Waals surface area contributed by atoms with Crippen molar-refractivity contribution in [3.63, 3.8) is 0 Å². The molecule has 0 bridgehead atoms. The third-order valence-electron chi connectivity index (χ3n) is 4.03. The molecule has 2 aromatic carbocycles. The molecule has 0 saturated carbocycles. The number of hydroxylamine groups is 1. The van der Waals surface area contributed by atoms with Crippen molar-refractivity contribution < 1.29 is 10.0 Å². The molecule has 0 saturated heterocycles. The summed E-state index contributed by atoms with van der Waals surface area (Å²) in [7, 11) is 0. The number of anilines is 1. The van der Waals surface area contributed by atoms with Crippen molar-refractivity contribution in [2.24, 2.45) is 0 Å². The first-order chi connectivity index (χ1) is 11.6. The van der Waals surface area contributed by atoms with E-state index in [0.29, 0.717) is 12.1 Å². The van der Waals surface area contributed by atoms with Gasteiger partial charge in [0.2, 0.25) is 0 Å². The normalized spacial score (nSPS) is 10.6. The number of benzene rings is 2. The number of aromatic nitrogens is 2. The van der Waals surface area contributed by atoms with Crippen LogP contribution in [-0.2, 0) is 6.54 Å². The molecule has 1 aromatic heterocycles. The van der Waals surface area contributed by atoms with Crippen molar-refractivity contribution in [1.82, 2.24) is 15.4 Å². The molecule has 1 heterocycles. The highest BCUT2D eigenvalue weighted by Crippen LogP contribution is 2.23. The molecule has 0 unspecified atom stereocenters. The number of aryl methyl sites for hydroxylation is 2. The van der Waals surface area contributed by atoms with Gasteiger partial charge in [0.05, 0.1) is 5.52 Å². The van der Waals surface area contributed by atoms with Crippen molar-refractivity contribution in [3.05, 3.63) is 65.0 Å². The maximum absolute atomic E-state index is 11.3. The number of fused-ring (bicyclic) bond motifs is 1. The highest BCUT2D eigenvalue weighted by molar-refractivity contribution is 5.93. The Balaban J connectivity index is 1.81. The van der Waals surface area contributed by atoms with Gasteiger partial charge in [-0.3, -0.25) is 10.0 Å². The molecular weight excluding hydrogens is 304 g/mol. The summed E-state index contributed by atoms with van der Waals surface area (Å²) in [6, 6.07) is 11.1. The summed E-state index contributed by atoms with van der Waals surface area (Å²) in [5.41, 5.74) is 6.32. The Morgan fingerprint density at radius 3 is 2.50 bits per heavy atom. The third-order valence-corrected chi connectivity index (χ3v) is 4.03. The second-order valence-corrected chi connectivity index (χ2v) is 5.67. The first-order valence-electron chi connectivity index (χ1n) is 7.57. The van der Waals surface area contributed by atoms with E-state index in [0.717, 1.165) is 22.3 Å². The van der Waals surface area contributed by atoms with Gasteiger partial charge in [-0.2, -0.15) is 0 Å². The van der Waals surface area contributed by atoms with E-state index in [1.54, 1.807) is 23.9 Å². The lowest BCUT2D eigenvalue weighted by Gasteiger charge is -2.10. The Kier molecular flexibility index (Phi) is 4.39. The summed E-state index contributed by atoms with van der Waals surface area (Å²) in [6.45, 7) is 4.70. The van der Waals surface area contributed by atoms with Crippen LogP contribution in [0.1, 0.15) is 27.0 Å². The minimum atomic E-state index is -0.526. The summed E-state index contributed by atoms with van der Waals surface area (Å²) in [5.74, 6) is 0.252. The molecule has 0 aliphatic carbocycles. The van der Waals surface area contributed by atoms with Crippen LogP contribution in [-0.4, -0.2) is 21.1 Å². The lowest BCUT2D eigenvalue weighted by Crippen LogP contribution is -2.18. The van der Waals surface area contributed by atoms with Crippen molar-refractivity contribution in [2.45, 2.75) is 20.4 Å². The molecule has 3 N–H and O–H groups in total. The van der Waals surface area contributed by atoms with Crippen LogP contribution in [0.5, 0.6) is 0 Å². The number of hydrogen-bond acceptors (Lipinski definition) is 5. The zero-order chi connectivity index (χ0) is 17.1. The van der Waals surface area contributed by atoms with Gasteiger partial charge in [-0.05, 0) is 54.8 Å². The monoisotopic (exact) mass is 322 g/mol. The van der Waals surface area contributed by atoms with Gasteiger partial charge in [-0.15, -0.1) is 0 Å². The highest BCUT2D eigenvalue weighted by atomic mass is 16.5. The Morgan fingerprint density at radius 1 is 1.08 bits per heavy atom. The van der Waals surface area contributed by atoms with Crippen LogP contribution >= 0.6 is 0 Å². The number of carbonyl (C=O) groups is 1. The van der Waals surface area contributed by atoms with Gasteiger partial charge in [0.25, 0.3) is 5.91 Å². The first kappa shape index (κ1) is 15.9. The molecule has 3 aromatic rings. The van der Waals surface area contributed by atoms with E-state index in [1.165, 1.54) is 11.1 Å². The summed E-state index contributed by atoms with van der Waals surface area (Å²) >= 11 is 0. The molecule has 122 valence electrons. The summed E-state index contributed by atoms with van der Waals surface area (Å²) in [6.07, 6.45) is 1.55. The average molecular weight is 322 g/mol. The van der Waals surface area contributed by atoms with Gasteiger partial charge >= 0.3 is 0 Å². The standard InChI is InChI=1S/C18H18N4O2/c1-11-7-15-16(8-12(11)2)20-10-21-17(15)19-9-13-3-5-14(6-4-13)18(23)22-24/h3-8,10,24H,9H2,1-2H3,(H,22,23)(H,19,20,21). The van der Waals surface area contributed by atoms with Crippen LogP contribution in [0.4, 0.5) is 5.82 Å². The lowest BCUT2D eigenvalue weighted by molar-refractivity contribution is 0.0706. The van der Waals surface area contributed by atoms with Crippen LogP contribution in [0, 0.1) is 13.8 Å². The van der Waals surface area contributed by atoms with Crippen LogP contribution in [0.25, 0.3) is 10.9 Å². The van der Waals surface area contributed by atoms with Crippen molar-refractivity contribution >= 4 is 22.6 Å². The topological polar surface area (TPSA) is 87.1 Å². The van der Waals surface area contributed by atoms with Crippen LogP contribution in [0.15, 0.2) is 42.7 Å². The third kappa shape index (κ3) is 3.18. The molecule has 6 nitrogen and oxygen atoms in total. The van der Waals surface area contributed by atoms with Gasteiger partial charge in [0.15, 0.2) is 0 Å². The SMILES string of the molecule is Cc1cc2ncnc(NCc3ccc(C(=O)NO)cc3)c2cc1C. The minimum absolute atomic E-state index is 0.403. The van der Waals surface area contributed by atoms with Crippen LogP contribution < -0.4 is 10.8 Å². The number of hydrogen-bond donors (Lipinski definition) is 3. The zero-order valence-corrected chi connectivity index (χ0v) is 13.5. The Labute approximate surface area is 139 Å². The number of rotatable bonds is 4. The fourth-order valence-electron chi connectivity index (χ4n) is 2.48. The highest BCUT2D eigenvalue weighted by Gasteiger charge is 2.07. The molecule has 6 heteroatoms. The Bertz CT molecular complexity index is 891. The molecular formula is C18H18N4O2. The van der Waals surface area contributed by atoms with Crippen LogP contribution in [0.2, 0.25) is 0 Å². The predicted molar refractivity (Wildman–Crippen MR) is 92.0 cm³/mol. The van der Waals surface area contributed by atoms with E-state index in [1.807, 2.05) is 12.1 Å². The van der Waals surface area contributed by atoms with Crippen molar-refractivity contribution in [2.75, 3.05) is 5.32 Å². The molecule has 0 radical (unpaired) electrons. The maximum Gasteiger partial charge on any atom is 0.274 e. The summed E-state index contributed by atoms with van der Waals surface area (Å²) < 4.78 is 0. The van der Waals surface area contributed by atoms with Crippen LogP contribution in [0.3, 0.4) is 0 Å². The second kappa shape index (κ2) is 6.64. The molecule has 1 amide bonds. The quantitative estimate of drug-likeness (QED) is 0.508. The summed E-state index contributed by atoms with van der Waals surface area (Å²) in [4.78, 5) is 20.0. The Morgan fingerprint density at radius 2 is 1.79 bits per heavy atom. The molecule has 3 rings (SSSR count). The van der Waals surface area contributed by atoms with Gasteiger partial charge < -0.3 is 5.32 Å². The molecule has 0 aliphatic rings.